The number of thioether (sulfide) groups is 1. The zero-order valence-electron chi connectivity index (χ0n) is 12.1. The quantitative estimate of drug-likeness (QED) is 0.540. The number of hydrogen-bond acceptors (Lipinski definition) is 3. The van der Waals surface area contributed by atoms with Crippen LogP contribution in [-0.2, 0) is 4.79 Å². The predicted octanol–water partition coefficient (Wildman–Crippen LogP) is 2.46. The van der Waals surface area contributed by atoms with Gasteiger partial charge in [0.05, 0.1) is 0 Å². The van der Waals surface area contributed by atoms with E-state index in [1.54, 1.807) is 11.8 Å². The van der Waals surface area contributed by atoms with Crippen LogP contribution in [0.2, 0.25) is 0 Å². The number of rotatable bonds is 10. The summed E-state index contributed by atoms with van der Waals surface area (Å²) in [4.78, 5) is 22.7. The molecule has 0 saturated heterocycles. The largest absolute Gasteiger partial charge is 0.480 e. The van der Waals surface area contributed by atoms with Crippen LogP contribution in [0.15, 0.2) is 0 Å². The second-order valence-electron chi connectivity index (χ2n) is 4.69. The first-order valence-electron chi connectivity index (χ1n) is 6.80. The summed E-state index contributed by atoms with van der Waals surface area (Å²) in [5.41, 5.74) is 0. The van der Waals surface area contributed by atoms with Crippen molar-refractivity contribution in [3.8, 4) is 0 Å². The van der Waals surface area contributed by atoms with Crippen LogP contribution in [0, 0.1) is 0 Å². The molecule has 5 nitrogen and oxygen atoms in total. The third-order valence-electron chi connectivity index (χ3n) is 2.83. The Labute approximate surface area is 119 Å². The fraction of sp³-hybridized carbons (Fsp3) is 0.846. The van der Waals surface area contributed by atoms with E-state index in [9.17, 15) is 9.59 Å². The zero-order chi connectivity index (χ0) is 14.7. The Morgan fingerprint density at radius 1 is 1.21 bits per heavy atom. The Morgan fingerprint density at radius 2 is 1.89 bits per heavy atom. The maximum Gasteiger partial charge on any atom is 0.326 e. The van der Waals surface area contributed by atoms with Gasteiger partial charge in [0.2, 0.25) is 0 Å². The predicted molar refractivity (Wildman–Crippen MR) is 79.7 cm³/mol. The number of amides is 2. The lowest BCUT2D eigenvalue weighted by Gasteiger charge is -2.18. The van der Waals surface area contributed by atoms with E-state index in [0.29, 0.717) is 12.2 Å². The molecule has 0 radical (unpaired) electrons. The van der Waals surface area contributed by atoms with Gasteiger partial charge in [-0.15, -0.1) is 0 Å². The molecular formula is C13H26N2O3S. The molecule has 0 aromatic heterocycles. The lowest BCUT2D eigenvalue weighted by atomic mass is 10.1. The summed E-state index contributed by atoms with van der Waals surface area (Å²) in [7, 11) is 0. The minimum absolute atomic E-state index is 0.0709. The summed E-state index contributed by atoms with van der Waals surface area (Å²) in [6.07, 6.45) is 6.65. The number of carbonyl (C=O) groups excluding carboxylic acids is 1. The highest BCUT2D eigenvalue weighted by Gasteiger charge is 2.19. The monoisotopic (exact) mass is 290 g/mol. The minimum Gasteiger partial charge on any atom is -0.480 e. The van der Waals surface area contributed by atoms with Crippen molar-refractivity contribution in [1.29, 1.82) is 0 Å². The topological polar surface area (TPSA) is 78.4 Å². The zero-order valence-corrected chi connectivity index (χ0v) is 12.9. The molecule has 0 aliphatic heterocycles. The molecule has 6 heteroatoms. The maximum absolute atomic E-state index is 11.7. The summed E-state index contributed by atoms with van der Waals surface area (Å²) in [5, 5.41) is 14.3. The molecule has 2 atom stereocenters. The van der Waals surface area contributed by atoms with Crippen LogP contribution in [0.5, 0.6) is 0 Å². The van der Waals surface area contributed by atoms with Crippen molar-refractivity contribution in [3.63, 3.8) is 0 Å². The Balaban J connectivity index is 4.00. The van der Waals surface area contributed by atoms with Crippen molar-refractivity contribution in [2.45, 2.75) is 58.0 Å². The number of carboxylic acid groups (broad SMARTS) is 1. The van der Waals surface area contributed by atoms with Gasteiger partial charge in [-0.1, -0.05) is 26.2 Å². The summed E-state index contributed by atoms with van der Waals surface area (Å²) in [6, 6.07) is -1.13. The number of unbranched alkanes of at least 4 members (excludes halogenated alkanes) is 2. The van der Waals surface area contributed by atoms with Crippen molar-refractivity contribution in [2.24, 2.45) is 0 Å². The first-order chi connectivity index (χ1) is 9.01. The van der Waals surface area contributed by atoms with Crippen molar-refractivity contribution in [3.05, 3.63) is 0 Å². The SMILES string of the molecule is CCCCC[C@H](C)NC(=O)N[C@H](CCSC)C(=O)O. The van der Waals surface area contributed by atoms with E-state index in [4.69, 9.17) is 5.11 Å². The molecule has 2 amide bonds. The molecular weight excluding hydrogens is 264 g/mol. The first-order valence-corrected chi connectivity index (χ1v) is 8.19. The molecule has 0 rings (SSSR count). The highest BCUT2D eigenvalue weighted by Crippen LogP contribution is 2.03. The standard InChI is InChI=1S/C13H26N2O3S/c1-4-5-6-7-10(2)14-13(18)15-11(12(16)17)8-9-19-3/h10-11H,4-9H2,1-3H3,(H,16,17)(H2,14,15,18)/t10-,11+/m0/s1. The van der Waals surface area contributed by atoms with E-state index in [0.717, 1.165) is 25.7 Å². The molecule has 0 fully saturated rings. The average Bonchev–Trinajstić information content (AvgIpc) is 2.34. The van der Waals surface area contributed by atoms with Crippen molar-refractivity contribution in [1.82, 2.24) is 10.6 Å². The highest BCUT2D eigenvalue weighted by molar-refractivity contribution is 7.98. The first kappa shape index (κ1) is 18.1. The molecule has 19 heavy (non-hydrogen) atoms. The van der Waals surface area contributed by atoms with Crippen LogP contribution in [0.25, 0.3) is 0 Å². The van der Waals surface area contributed by atoms with Crippen molar-refractivity contribution in [2.75, 3.05) is 12.0 Å². The van der Waals surface area contributed by atoms with Gasteiger partial charge in [-0.3, -0.25) is 0 Å². The van der Waals surface area contributed by atoms with Crippen LogP contribution in [0.3, 0.4) is 0 Å². The molecule has 0 aliphatic carbocycles. The fourth-order valence-corrected chi connectivity index (χ4v) is 2.16. The fourth-order valence-electron chi connectivity index (χ4n) is 1.69. The molecule has 0 spiro atoms. The number of nitrogens with one attached hydrogen (secondary N) is 2. The van der Waals surface area contributed by atoms with Crippen LogP contribution in [0.4, 0.5) is 4.79 Å². The van der Waals surface area contributed by atoms with E-state index in [1.807, 2.05) is 13.2 Å². The summed E-state index contributed by atoms with van der Waals surface area (Å²) >= 11 is 1.57. The highest BCUT2D eigenvalue weighted by atomic mass is 32.2. The van der Waals surface area contributed by atoms with Crippen molar-refractivity contribution >= 4 is 23.8 Å². The number of hydrogen-bond donors (Lipinski definition) is 3. The van der Waals surface area contributed by atoms with E-state index in [1.165, 1.54) is 0 Å². The molecule has 112 valence electrons. The Morgan fingerprint density at radius 3 is 2.42 bits per heavy atom. The van der Waals surface area contributed by atoms with Crippen LogP contribution >= 0.6 is 11.8 Å². The molecule has 0 saturated carbocycles. The molecule has 0 aromatic carbocycles. The third-order valence-corrected chi connectivity index (χ3v) is 3.48. The van der Waals surface area contributed by atoms with E-state index >= 15 is 0 Å². The number of carboxylic acids is 1. The number of aliphatic carboxylic acids is 1. The smallest absolute Gasteiger partial charge is 0.326 e. The van der Waals surface area contributed by atoms with E-state index in [2.05, 4.69) is 17.6 Å². The molecule has 0 aromatic rings. The number of carbonyl (C=O) groups is 2. The summed E-state index contributed by atoms with van der Waals surface area (Å²) < 4.78 is 0. The Bertz CT molecular complexity index is 275. The Hall–Kier alpha value is -0.910. The maximum atomic E-state index is 11.7. The van der Waals surface area contributed by atoms with Crippen LogP contribution < -0.4 is 10.6 Å². The van der Waals surface area contributed by atoms with Gasteiger partial charge in [0, 0.05) is 6.04 Å². The van der Waals surface area contributed by atoms with Crippen LogP contribution in [0.1, 0.15) is 46.0 Å². The lowest BCUT2D eigenvalue weighted by molar-refractivity contribution is -0.139. The molecule has 0 heterocycles. The molecule has 3 N–H and O–H groups in total. The third kappa shape index (κ3) is 9.64. The number of urea groups is 1. The van der Waals surface area contributed by atoms with Gasteiger partial charge in [0.1, 0.15) is 6.04 Å². The van der Waals surface area contributed by atoms with Gasteiger partial charge >= 0.3 is 12.0 Å². The van der Waals surface area contributed by atoms with Gasteiger partial charge in [0.15, 0.2) is 0 Å². The normalized spacial score (nSPS) is 13.6. The van der Waals surface area contributed by atoms with E-state index < -0.39 is 18.0 Å². The average molecular weight is 290 g/mol. The summed E-state index contributed by atoms with van der Waals surface area (Å²) in [6.45, 7) is 4.07. The van der Waals surface area contributed by atoms with Gasteiger partial charge in [-0.05, 0) is 31.8 Å². The van der Waals surface area contributed by atoms with Gasteiger partial charge in [0.25, 0.3) is 0 Å². The Kier molecular flexibility index (Phi) is 10.4. The van der Waals surface area contributed by atoms with E-state index in [-0.39, 0.29) is 6.04 Å². The van der Waals surface area contributed by atoms with Gasteiger partial charge < -0.3 is 15.7 Å². The lowest BCUT2D eigenvalue weighted by Crippen LogP contribution is -2.48. The van der Waals surface area contributed by atoms with Crippen LogP contribution in [-0.4, -0.2) is 41.2 Å². The van der Waals surface area contributed by atoms with Gasteiger partial charge in [-0.2, -0.15) is 11.8 Å². The second-order valence-corrected chi connectivity index (χ2v) is 5.67. The summed E-state index contributed by atoms with van der Waals surface area (Å²) in [5.74, 6) is -0.272. The molecule has 0 unspecified atom stereocenters. The van der Waals surface area contributed by atoms with Gasteiger partial charge in [-0.25, -0.2) is 9.59 Å². The van der Waals surface area contributed by atoms with Crippen molar-refractivity contribution < 1.29 is 14.7 Å². The second kappa shape index (κ2) is 11.0. The molecule has 0 aliphatic rings. The molecule has 0 bridgehead atoms. The minimum atomic E-state index is -0.983.